The number of hydrogen-bond acceptors (Lipinski definition) is 5. The molecule has 0 spiro atoms. The van der Waals surface area contributed by atoms with Crippen LogP contribution in [0.15, 0.2) is 33.8 Å². The topological polar surface area (TPSA) is 51.5 Å². The van der Waals surface area contributed by atoms with Crippen LogP contribution in [0.5, 0.6) is 0 Å². The zero-order valence-electron chi connectivity index (χ0n) is 15.1. The Hall–Kier alpha value is -1.88. The Morgan fingerprint density at radius 2 is 1.88 bits per heavy atom. The summed E-state index contributed by atoms with van der Waals surface area (Å²) in [6, 6.07) is 8.24. The van der Waals surface area contributed by atoms with Crippen LogP contribution >= 0.6 is 11.8 Å². The highest BCUT2D eigenvalue weighted by atomic mass is 32.2. The van der Waals surface area contributed by atoms with E-state index in [-0.39, 0.29) is 11.2 Å². The van der Waals surface area contributed by atoms with Gasteiger partial charge in [0.25, 0.3) is 0 Å². The molecule has 130 valence electrons. The van der Waals surface area contributed by atoms with Crippen molar-refractivity contribution in [1.82, 2.24) is 0 Å². The first-order valence-electron chi connectivity index (χ1n) is 8.00. The second-order valence-electron chi connectivity index (χ2n) is 6.47. The van der Waals surface area contributed by atoms with Crippen molar-refractivity contribution in [2.75, 3.05) is 25.2 Å². The Morgan fingerprint density at radius 3 is 2.33 bits per heavy atom. The van der Waals surface area contributed by atoms with Crippen molar-refractivity contribution in [2.45, 2.75) is 38.2 Å². The maximum atomic E-state index is 12.3. The van der Waals surface area contributed by atoms with Crippen LogP contribution in [-0.2, 0) is 10.2 Å². The zero-order chi connectivity index (χ0) is 17.9. The number of carbonyl (C=O) groups is 1. The number of hydrogen-bond donors (Lipinski definition) is 1. The molecule has 0 aliphatic rings. The van der Waals surface area contributed by atoms with E-state index in [0.717, 1.165) is 16.8 Å². The van der Waals surface area contributed by atoms with Gasteiger partial charge in [-0.05, 0) is 29.7 Å². The van der Waals surface area contributed by atoms with E-state index in [4.69, 9.17) is 9.15 Å². The second kappa shape index (κ2) is 7.34. The molecule has 0 atom stereocenters. The number of nitrogens with one attached hydrogen (secondary N) is 1. The van der Waals surface area contributed by atoms with Crippen LogP contribution in [0.25, 0.3) is 11.1 Å². The van der Waals surface area contributed by atoms with Crippen molar-refractivity contribution in [1.29, 1.82) is 0 Å². The van der Waals surface area contributed by atoms with E-state index in [1.54, 1.807) is 6.92 Å². The summed E-state index contributed by atoms with van der Waals surface area (Å²) >= 11 is 1.46. The first kappa shape index (κ1) is 18.5. The van der Waals surface area contributed by atoms with E-state index in [1.165, 1.54) is 17.3 Å². The lowest BCUT2D eigenvalue weighted by Crippen LogP contribution is -2.10. The molecule has 0 saturated heterocycles. The van der Waals surface area contributed by atoms with Crippen molar-refractivity contribution in [3.63, 3.8) is 0 Å². The molecule has 4 nitrogen and oxygen atoms in total. The van der Waals surface area contributed by atoms with E-state index in [2.05, 4.69) is 38.2 Å². The fraction of sp³-hybridized carbons (Fsp3) is 0.421. The Balaban J connectivity index is 2.58. The van der Waals surface area contributed by atoms with E-state index in [1.807, 2.05) is 25.4 Å². The molecule has 0 aliphatic heterocycles. The molecular weight excluding hydrogens is 322 g/mol. The molecule has 5 heteroatoms. The first-order valence-corrected chi connectivity index (χ1v) is 9.22. The Bertz CT molecular complexity index is 711. The minimum Gasteiger partial charge on any atom is -0.460 e. The van der Waals surface area contributed by atoms with Gasteiger partial charge in [0.05, 0.1) is 17.9 Å². The number of esters is 1. The van der Waals surface area contributed by atoms with Crippen LogP contribution in [0.2, 0.25) is 0 Å². The SMILES string of the molecule is CCOC(=O)c1oc(SC)c(NC)c1-c1ccc(C(C)(C)C)cc1. The van der Waals surface area contributed by atoms with Gasteiger partial charge in [-0.1, -0.05) is 56.8 Å². The lowest BCUT2D eigenvalue weighted by Gasteiger charge is -2.19. The van der Waals surface area contributed by atoms with Crippen LogP contribution in [0, 0.1) is 0 Å². The van der Waals surface area contributed by atoms with E-state index in [9.17, 15) is 4.79 Å². The molecule has 1 aromatic carbocycles. The third-order valence-electron chi connectivity index (χ3n) is 3.81. The van der Waals surface area contributed by atoms with Crippen LogP contribution in [0.3, 0.4) is 0 Å². The maximum absolute atomic E-state index is 12.3. The zero-order valence-corrected chi connectivity index (χ0v) is 16.0. The lowest BCUT2D eigenvalue weighted by atomic mass is 9.86. The largest absolute Gasteiger partial charge is 0.460 e. The van der Waals surface area contributed by atoms with Gasteiger partial charge in [0.2, 0.25) is 5.76 Å². The average Bonchev–Trinajstić information content (AvgIpc) is 2.93. The van der Waals surface area contributed by atoms with Crippen LogP contribution in [-0.4, -0.2) is 25.9 Å². The summed E-state index contributed by atoms with van der Waals surface area (Å²) in [6.07, 6.45) is 1.92. The molecule has 2 rings (SSSR count). The number of thioether (sulfide) groups is 1. The first-order chi connectivity index (χ1) is 11.3. The molecule has 0 unspecified atom stereocenters. The number of ether oxygens (including phenoxy) is 1. The fourth-order valence-corrected chi connectivity index (χ4v) is 3.11. The molecule has 1 heterocycles. The Labute approximate surface area is 148 Å². The Kier molecular flexibility index (Phi) is 5.65. The monoisotopic (exact) mass is 347 g/mol. The maximum Gasteiger partial charge on any atom is 0.375 e. The standard InChI is InChI=1S/C19H25NO3S/c1-7-22-17(21)16-14(15(20-5)18(23-16)24-6)12-8-10-13(11-9-12)19(2,3)4/h8-11,20H,7H2,1-6H3. The van der Waals surface area contributed by atoms with Crippen molar-refractivity contribution in [3.8, 4) is 11.1 Å². The molecule has 0 amide bonds. The van der Waals surface area contributed by atoms with E-state index < -0.39 is 5.97 Å². The predicted molar refractivity (Wildman–Crippen MR) is 100 cm³/mol. The minimum atomic E-state index is -0.441. The number of benzene rings is 1. The normalized spacial score (nSPS) is 11.4. The molecular formula is C19H25NO3S. The molecule has 0 radical (unpaired) electrons. The quantitative estimate of drug-likeness (QED) is 0.596. The Morgan fingerprint density at radius 1 is 1.25 bits per heavy atom. The molecule has 1 N–H and O–H groups in total. The van der Waals surface area contributed by atoms with Crippen LogP contribution in [0.4, 0.5) is 5.69 Å². The summed E-state index contributed by atoms with van der Waals surface area (Å²) < 4.78 is 10.9. The highest BCUT2D eigenvalue weighted by Gasteiger charge is 2.26. The summed E-state index contributed by atoms with van der Waals surface area (Å²) in [6.45, 7) is 8.62. The van der Waals surface area contributed by atoms with Gasteiger partial charge in [0, 0.05) is 7.05 Å². The lowest BCUT2D eigenvalue weighted by molar-refractivity contribution is 0.0485. The number of carbonyl (C=O) groups excluding carboxylic acids is 1. The highest BCUT2D eigenvalue weighted by Crippen LogP contribution is 2.41. The molecule has 2 aromatic rings. The van der Waals surface area contributed by atoms with Gasteiger partial charge in [-0.25, -0.2) is 4.79 Å². The molecule has 0 fully saturated rings. The van der Waals surface area contributed by atoms with Crippen LogP contribution < -0.4 is 5.32 Å². The molecule has 0 saturated carbocycles. The molecule has 0 aliphatic carbocycles. The summed E-state index contributed by atoms with van der Waals surface area (Å²) in [5, 5.41) is 3.83. The summed E-state index contributed by atoms with van der Waals surface area (Å²) in [5.41, 5.74) is 3.81. The molecule has 1 aromatic heterocycles. The number of rotatable bonds is 5. The van der Waals surface area contributed by atoms with Gasteiger partial charge in [-0.15, -0.1) is 0 Å². The van der Waals surface area contributed by atoms with Gasteiger partial charge in [0.15, 0.2) is 5.09 Å². The minimum absolute atomic E-state index is 0.0785. The van der Waals surface area contributed by atoms with Crippen molar-refractivity contribution in [2.24, 2.45) is 0 Å². The number of anilines is 1. The van der Waals surface area contributed by atoms with Crippen LogP contribution in [0.1, 0.15) is 43.8 Å². The average molecular weight is 347 g/mol. The number of furan rings is 1. The predicted octanol–water partition coefficient (Wildman–Crippen LogP) is 5.18. The summed E-state index contributed by atoms with van der Waals surface area (Å²) in [7, 11) is 1.83. The molecule has 24 heavy (non-hydrogen) atoms. The summed E-state index contributed by atoms with van der Waals surface area (Å²) in [4.78, 5) is 12.3. The smallest absolute Gasteiger partial charge is 0.375 e. The van der Waals surface area contributed by atoms with Gasteiger partial charge in [0.1, 0.15) is 0 Å². The third kappa shape index (κ3) is 3.61. The van der Waals surface area contributed by atoms with Gasteiger partial charge in [-0.2, -0.15) is 0 Å². The second-order valence-corrected chi connectivity index (χ2v) is 7.25. The molecule has 0 bridgehead atoms. The van der Waals surface area contributed by atoms with E-state index >= 15 is 0 Å². The van der Waals surface area contributed by atoms with E-state index in [0.29, 0.717) is 11.7 Å². The van der Waals surface area contributed by atoms with Crippen molar-refractivity contribution >= 4 is 23.4 Å². The highest BCUT2D eigenvalue weighted by molar-refractivity contribution is 7.98. The third-order valence-corrected chi connectivity index (χ3v) is 4.47. The van der Waals surface area contributed by atoms with Crippen molar-refractivity contribution in [3.05, 3.63) is 35.6 Å². The van der Waals surface area contributed by atoms with Gasteiger partial charge >= 0.3 is 5.97 Å². The van der Waals surface area contributed by atoms with Gasteiger partial charge < -0.3 is 14.5 Å². The van der Waals surface area contributed by atoms with Crippen molar-refractivity contribution < 1.29 is 13.9 Å². The van der Waals surface area contributed by atoms with Gasteiger partial charge in [-0.3, -0.25) is 0 Å². The summed E-state index contributed by atoms with van der Waals surface area (Å²) in [5.74, 6) is -0.196. The fourth-order valence-electron chi connectivity index (χ4n) is 2.53.